The Balaban J connectivity index is 2.03. The Bertz CT molecular complexity index is 330. The highest BCUT2D eigenvalue weighted by Crippen LogP contribution is 2.27. The van der Waals surface area contributed by atoms with Crippen LogP contribution in [0, 0.1) is 12.8 Å². The van der Waals surface area contributed by atoms with Gasteiger partial charge in [0.15, 0.2) is 0 Å². The van der Waals surface area contributed by atoms with Crippen LogP contribution in [0.1, 0.15) is 37.6 Å². The molecule has 0 aromatic carbocycles. The average molecular weight is 207 g/mol. The van der Waals surface area contributed by atoms with E-state index in [2.05, 4.69) is 29.7 Å². The summed E-state index contributed by atoms with van der Waals surface area (Å²) in [4.78, 5) is 0. The zero-order chi connectivity index (χ0) is 10.8. The smallest absolute Gasteiger partial charge is 0.0596 e. The van der Waals surface area contributed by atoms with Gasteiger partial charge in [-0.05, 0) is 51.5 Å². The van der Waals surface area contributed by atoms with Gasteiger partial charge in [-0.25, -0.2) is 0 Å². The highest BCUT2D eigenvalue weighted by atomic mass is 15.3. The first-order valence-electron chi connectivity index (χ1n) is 5.98. The van der Waals surface area contributed by atoms with Gasteiger partial charge in [0.1, 0.15) is 0 Å². The van der Waals surface area contributed by atoms with Crippen LogP contribution in [0.3, 0.4) is 0 Å². The maximum Gasteiger partial charge on any atom is 0.0596 e. The summed E-state index contributed by atoms with van der Waals surface area (Å²) in [7, 11) is 0. The third-order valence-electron chi connectivity index (χ3n) is 3.36. The summed E-state index contributed by atoms with van der Waals surface area (Å²) in [5, 5.41) is 4.48. The second-order valence-electron chi connectivity index (χ2n) is 4.74. The van der Waals surface area contributed by atoms with Crippen LogP contribution in [0.5, 0.6) is 0 Å². The molecule has 2 atom stereocenters. The minimum Gasteiger partial charge on any atom is -0.328 e. The molecule has 1 fully saturated rings. The highest BCUT2D eigenvalue weighted by Gasteiger charge is 2.23. The van der Waals surface area contributed by atoms with Gasteiger partial charge in [0.25, 0.3) is 0 Å². The molecule has 0 saturated heterocycles. The van der Waals surface area contributed by atoms with E-state index >= 15 is 0 Å². The van der Waals surface area contributed by atoms with E-state index in [0.717, 1.165) is 24.6 Å². The van der Waals surface area contributed by atoms with Crippen molar-refractivity contribution in [3.8, 4) is 0 Å². The fourth-order valence-corrected chi connectivity index (χ4v) is 2.63. The van der Waals surface area contributed by atoms with Crippen LogP contribution < -0.4 is 5.73 Å². The standard InChI is InChI=1S/C12H21N3/c1-3-15-12(6-9(2)14-15)8-10-4-5-11(13)7-10/h6,10-11H,3-5,7-8,13H2,1-2H3. The molecule has 1 saturated carbocycles. The molecule has 2 N–H and O–H groups in total. The number of hydrogen-bond donors (Lipinski definition) is 1. The Hall–Kier alpha value is -0.830. The molecule has 1 heterocycles. The molecule has 2 unspecified atom stereocenters. The number of hydrogen-bond acceptors (Lipinski definition) is 2. The van der Waals surface area contributed by atoms with E-state index < -0.39 is 0 Å². The number of rotatable bonds is 3. The summed E-state index contributed by atoms with van der Waals surface area (Å²) in [6, 6.07) is 2.65. The van der Waals surface area contributed by atoms with E-state index in [1.54, 1.807) is 0 Å². The SMILES string of the molecule is CCn1nc(C)cc1CC1CCC(N)C1. The lowest BCUT2D eigenvalue weighted by atomic mass is 10.0. The van der Waals surface area contributed by atoms with E-state index in [9.17, 15) is 0 Å². The molecule has 0 radical (unpaired) electrons. The van der Waals surface area contributed by atoms with Crippen molar-refractivity contribution >= 4 is 0 Å². The largest absolute Gasteiger partial charge is 0.328 e. The summed E-state index contributed by atoms with van der Waals surface area (Å²) >= 11 is 0. The molecule has 3 nitrogen and oxygen atoms in total. The lowest BCUT2D eigenvalue weighted by molar-refractivity contribution is 0.500. The van der Waals surface area contributed by atoms with E-state index in [-0.39, 0.29) is 0 Å². The average Bonchev–Trinajstić information content (AvgIpc) is 2.73. The van der Waals surface area contributed by atoms with Gasteiger partial charge in [0, 0.05) is 18.3 Å². The van der Waals surface area contributed by atoms with Gasteiger partial charge in [-0.15, -0.1) is 0 Å². The van der Waals surface area contributed by atoms with Crippen molar-refractivity contribution in [1.82, 2.24) is 9.78 Å². The van der Waals surface area contributed by atoms with Gasteiger partial charge in [0.05, 0.1) is 5.69 Å². The van der Waals surface area contributed by atoms with Crippen molar-refractivity contribution in [2.75, 3.05) is 0 Å². The summed E-state index contributed by atoms with van der Waals surface area (Å²) in [6.45, 7) is 5.19. The third kappa shape index (κ3) is 2.40. The van der Waals surface area contributed by atoms with Crippen LogP contribution >= 0.6 is 0 Å². The summed E-state index contributed by atoms with van der Waals surface area (Å²) in [6.07, 6.45) is 4.83. The van der Waals surface area contributed by atoms with Gasteiger partial charge in [-0.3, -0.25) is 4.68 Å². The van der Waals surface area contributed by atoms with Gasteiger partial charge in [-0.2, -0.15) is 5.10 Å². The molecule has 2 rings (SSSR count). The molecular formula is C12H21N3. The van der Waals surface area contributed by atoms with Gasteiger partial charge >= 0.3 is 0 Å². The van der Waals surface area contributed by atoms with Crippen molar-refractivity contribution in [1.29, 1.82) is 0 Å². The van der Waals surface area contributed by atoms with Gasteiger partial charge in [0.2, 0.25) is 0 Å². The van der Waals surface area contributed by atoms with Crippen LogP contribution in [-0.4, -0.2) is 15.8 Å². The molecule has 1 aromatic rings. The monoisotopic (exact) mass is 207 g/mol. The van der Waals surface area contributed by atoms with E-state index in [0.29, 0.717) is 6.04 Å². The predicted molar refractivity (Wildman–Crippen MR) is 61.7 cm³/mol. The number of aryl methyl sites for hydroxylation is 2. The summed E-state index contributed by atoms with van der Waals surface area (Å²) in [5.41, 5.74) is 8.45. The maximum absolute atomic E-state index is 5.93. The first-order valence-corrected chi connectivity index (χ1v) is 5.98. The normalized spacial score (nSPS) is 26.1. The van der Waals surface area contributed by atoms with Gasteiger partial charge < -0.3 is 5.73 Å². The Morgan fingerprint density at radius 1 is 1.53 bits per heavy atom. The van der Waals surface area contributed by atoms with Crippen LogP contribution in [0.15, 0.2) is 6.07 Å². The van der Waals surface area contributed by atoms with E-state index in [1.807, 2.05) is 0 Å². The minimum atomic E-state index is 0.439. The molecule has 1 aliphatic rings. The number of nitrogens with zero attached hydrogens (tertiary/aromatic N) is 2. The Kier molecular flexibility index (Phi) is 3.10. The molecular weight excluding hydrogens is 186 g/mol. The molecule has 1 aromatic heterocycles. The fourth-order valence-electron chi connectivity index (χ4n) is 2.63. The Morgan fingerprint density at radius 3 is 2.93 bits per heavy atom. The van der Waals surface area contributed by atoms with Crippen molar-refractivity contribution in [3.63, 3.8) is 0 Å². The summed E-state index contributed by atoms with van der Waals surface area (Å²) in [5.74, 6) is 0.779. The first-order chi connectivity index (χ1) is 7.19. The van der Waals surface area contributed by atoms with Crippen molar-refractivity contribution in [2.24, 2.45) is 11.7 Å². The van der Waals surface area contributed by atoms with E-state index in [4.69, 9.17) is 5.73 Å². The topological polar surface area (TPSA) is 43.8 Å². The predicted octanol–water partition coefficient (Wildman–Crippen LogP) is 1.88. The van der Waals surface area contributed by atoms with Crippen LogP contribution in [-0.2, 0) is 13.0 Å². The molecule has 15 heavy (non-hydrogen) atoms. The van der Waals surface area contributed by atoms with E-state index in [1.165, 1.54) is 25.0 Å². The first kappa shape index (κ1) is 10.7. The molecule has 84 valence electrons. The Morgan fingerprint density at radius 2 is 2.33 bits per heavy atom. The molecule has 1 aliphatic carbocycles. The third-order valence-corrected chi connectivity index (χ3v) is 3.36. The second kappa shape index (κ2) is 4.35. The fraction of sp³-hybridized carbons (Fsp3) is 0.750. The lowest BCUT2D eigenvalue weighted by Gasteiger charge is -2.10. The molecule has 0 amide bonds. The molecule has 0 bridgehead atoms. The number of aromatic nitrogens is 2. The second-order valence-corrected chi connectivity index (χ2v) is 4.74. The Labute approximate surface area is 91.7 Å². The zero-order valence-electron chi connectivity index (χ0n) is 9.74. The van der Waals surface area contributed by atoms with Gasteiger partial charge in [-0.1, -0.05) is 0 Å². The maximum atomic E-state index is 5.93. The highest BCUT2D eigenvalue weighted by molar-refractivity contribution is 5.10. The number of nitrogens with two attached hydrogens (primary N) is 1. The van der Waals surface area contributed by atoms with Crippen molar-refractivity contribution < 1.29 is 0 Å². The molecule has 3 heteroatoms. The van der Waals surface area contributed by atoms with Crippen LogP contribution in [0.25, 0.3) is 0 Å². The zero-order valence-corrected chi connectivity index (χ0v) is 9.74. The van der Waals surface area contributed by atoms with Crippen molar-refractivity contribution in [2.45, 2.75) is 52.1 Å². The molecule has 0 spiro atoms. The lowest BCUT2D eigenvalue weighted by Crippen LogP contribution is -2.15. The van der Waals surface area contributed by atoms with Crippen LogP contribution in [0.2, 0.25) is 0 Å². The van der Waals surface area contributed by atoms with Crippen molar-refractivity contribution in [3.05, 3.63) is 17.5 Å². The molecule has 0 aliphatic heterocycles. The quantitative estimate of drug-likeness (QED) is 0.822. The minimum absolute atomic E-state index is 0.439. The van der Waals surface area contributed by atoms with Crippen LogP contribution in [0.4, 0.5) is 0 Å². The summed E-state index contributed by atoms with van der Waals surface area (Å²) < 4.78 is 2.12.